The Hall–Kier alpha value is -1.36. The van der Waals surface area contributed by atoms with E-state index in [1.54, 1.807) is 13.8 Å². The van der Waals surface area contributed by atoms with Gasteiger partial charge in [-0.2, -0.15) is 5.10 Å². The van der Waals surface area contributed by atoms with Gasteiger partial charge in [0.05, 0.1) is 17.5 Å². The van der Waals surface area contributed by atoms with Crippen LogP contribution in [0.2, 0.25) is 0 Å². The van der Waals surface area contributed by atoms with Crippen molar-refractivity contribution in [2.24, 2.45) is 0 Å². The molecule has 0 aromatic carbocycles. The zero-order valence-electron chi connectivity index (χ0n) is 8.40. The lowest BCUT2D eigenvalue weighted by Gasteiger charge is -2.16. The third-order valence-corrected chi connectivity index (χ3v) is 1.83. The van der Waals surface area contributed by atoms with Crippen LogP contribution >= 0.6 is 0 Å². The van der Waals surface area contributed by atoms with E-state index >= 15 is 0 Å². The molecule has 0 amide bonds. The highest BCUT2D eigenvalue weighted by atomic mass is 16.3. The number of nitrogens with two attached hydrogens (primary N) is 1. The highest BCUT2D eigenvalue weighted by molar-refractivity contribution is 5.31. The largest absolute Gasteiger partial charge is 0.397 e. The summed E-state index contributed by atoms with van der Waals surface area (Å²) in [6, 6.07) is 1.32. The molecule has 3 N–H and O–H groups in total. The van der Waals surface area contributed by atoms with Crippen LogP contribution in [-0.2, 0) is 6.54 Å². The molecule has 0 aliphatic rings. The van der Waals surface area contributed by atoms with Gasteiger partial charge in [0.2, 0.25) is 0 Å². The zero-order valence-corrected chi connectivity index (χ0v) is 8.40. The Balaban J connectivity index is 2.74. The van der Waals surface area contributed by atoms with Crippen molar-refractivity contribution in [3.8, 4) is 0 Å². The first-order valence-electron chi connectivity index (χ1n) is 4.43. The molecule has 5 heteroatoms. The average molecular weight is 197 g/mol. The Morgan fingerprint density at radius 1 is 1.64 bits per heavy atom. The van der Waals surface area contributed by atoms with Crippen LogP contribution in [0.4, 0.5) is 5.69 Å². The van der Waals surface area contributed by atoms with Crippen molar-refractivity contribution in [3.63, 3.8) is 0 Å². The summed E-state index contributed by atoms with van der Waals surface area (Å²) in [5.41, 5.74) is 4.71. The number of anilines is 1. The van der Waals surface area contributed by atoms with Gasteiger partial charge >= 0.3 is 0 Å². The summed E-state index contributed by atoms with van der Waals surface area (Å²) in [5, 5.41) is 13.3. The fourth-order valence-corrected chi connectivity index (χ4v) is 0.995. The number of hydrogen-bond donors (Lipinski definition) is 2. The van der Waals surface area contributed by atoms with Crippen molar-refractivity contribution in [3.05, 3.63) is 22.6 Å². The summed E-state index contributed by atoms with van der Waals surface area (Å²) in [7, 11) is 0. The first-order valence-corrected chi connectivity index (χ1v) is 4.43. The molecule has 0 atom stereocenters. The third kappa shape index (κ3) is 3.18. The van der Waals surface area contributed by atoms with Gasteiger partial charge in [-0.25, -0.2) is 4.68 Å². The van der Waals surface area contributed by atoms with Gasteiger partial charge in [0.25, 0.3) is 5.56 Å². The second kappa shape index (κ2) is 3.79. The van der Waals surface area contributed by atoms with Crippen LogP contribution in [0.3, 0.4) is 0 Å². The van der Waals surface area contributed by atoms with Gasteiger partial charge in [0.1, 0.15) is 0 Å². The molecule has 0 saturated carbocycles. The van der Waals surface area contributed by atoms with Gasteiger partial charge in [-0.05, 0) is 20.3 Å². The number of nitrogen functional groups attached to an aromatic ring is 1. The molecule has 0 bridgehead atoms. The van der Waals surface area contributed by atoms with Crippen molar-refractivity contribution in [2.45, 2.75) is 32.4 Å². The molecule has 14 heavy (non-hydrogen) atoms. The molecule has 0 saturated heterocycles. The van der Waals surface area contributed by atoms with Crippen molar-refractivity contribution < 1.29 is 5.11 Å². The van der Waals surface area contributed by atoms with Crippen LogP contribution in [0.25, 0.3) is 0 Å². The number of hydrogen-bond acceptors (Lipinski definition) is 4. The average Bonchev–Trinajstić information content (AvgIpc) is 2.00. The van der Waals surface area contributed by atoms with E-state index in [1.807, 2.05) is 0 Å². The van der Waals surface area contributed by atoms with Gasteiger partial charge < -0.3 is 10.8 Å². The lowest BCUT2D eigenvalue weighted by Crippen LogP contribution is -2.28. The van der Waals surface area contributed by atoms with E-state index in [9.17, 15) is 9.90 Å². The Labute approximate surface area is 82.2 Å². The maximum atomic E-state index is 11.3. The number of aliphatic hydroxyl groups is 1. The minimum Gasteiger partial charge on any atom is -0.397 e. The van der Waals surface area contributed by atoms with E-state index < -0.39 is 5.60 Å². The fourth-order valence-electron chi connectivity index (χ4n) is 0.995. The number of aromatic nitrogens is 2. The molecule has 1 heterocycles. The topological polar surface area (TPSA) is 81.1 Å². The zero-order chi connectivity index (χ0) is 10.8. The highest BCUT2D eigenvalue weighted by Crippen LogP contribution is 2.07. The van der Waals surface area contributed by atoms with Crippen molar-refractivity contribution >= 4 is 5.69 Å². The lowest BCUT2D eigenvalue weighted by atomic mass is 10.1. The first kappa shape index (κ1) is 10.7. The predicted molar refractivity (Wildman–Crippen MR) is 53.8 cm³/mol. The Bertz CT molecular complexity index is 365. The lowest BCUT2D eigenvalue weighted by molar-refractivity contribution is 0.0646. The van der Waals surface area contributed by atoms with E-state index in [-0.39, 0.29) is 5.56 Å². The quantitative estimate of drug-likeness (QED) is 0.714. The summed E-state index contributed by atoms with van der Waals surface area (Å²) in [4.78, 5) is 11.3. The Morgan fingerprint density at radius 3 is 2.79 bits per heavy atom. The first-order chi connectivity index (χ1) is 6.38. The van der Waals surface area contributed by atoms with Crippen LogP contribution in [-0.4, -0.2) is 20.5 Å². The van der Waals surface area contributed by atoms with Gasteiger partial charge in [-0.15, -0.1) is 0 Å². The maximum absolute atomic E-state index is 11.3. The van der Waals surface area contributed by atoms with E-state index in [1.165, 1.54) is 16.9 Å². The predicted octanol–water partition coefficient (Wildman–Crippen LogP) is -0.0135. The molecule has 0 radical (unpaired) electrons. The normalized spacial score (nSPS) is 11.6. The summed E-state index contributed by atoms with van der Waals surface area (Å²) in [6.07, 6.45) is 1.90. The molecule has 0 aliphatic heterocycles. The second-order valence-corrected chi connectivity index (χ2v) is 3.91. The second-order valence-electron chi connectivity index (χ2n) is 3.91. The minimum atomic E-state index is -0.789. The smallest absolute Gasteiger partial charge is 0.268 e. The van der Waals surface area contributed by atoms with Crippen LogP contribution in [0.5, 0.6) is 0 Å². The summed E-state index contributed by atoms with van der Waals surface area (Å²) < 4.78 is 1.29. The summed E-state index contributed by atoms with van der Waals surface area (Å²) >= 11 is 0. The number of rotatable bonds is 3. The van der Waals surface area contributed by atoms with Gasteiger partial charge in [-0.3, -0.25) is 4.79 Å². The fraction of sp³-hybridized carbons (Fsp3) is 0.556. The molecular weight excluding hydrogens is 182 g/mol. The van der Waals surface area contributed by atoms with Crippen LogP contribution in [0, 0.1) is 0 Å². The van der Waals surface area contributed by atoms with Crippen molar-refractivity contribution in [2.75, 3.05) is 5.73 Å². The van der Waals surface area contributed by atoms with Crippen LogP contribution in [0.1, 0.15) is 20.3 Å². The Morgan fingerprint density at radius 2 is 2.29 bits per heavy atom. The SMILES string of the molecule is CC(C)(O)CCn1ncc(N)cc1=O. The molecule has 0 fully saturated rings. The summed E-state index contributed by atoms with van der Waals surface area (Å²) in [5.74, 6) is 0. The Kier molecular flexibility index (Phi) is 2.90. The molecule has 1 aromatic heterocycles. The van der Waals surface area contributed by atoms with Gasteiger partial charge in [0.15, 0.2) is 0 Å². The van der Waals surface area contributed by atoms with E-state index in [0.717, 1.165) is 0 Å². The molecular formula is C9H15N3O2. The van der Waals surface area contributed by atoms with Gasteiger partial charge in [-0.1, -0.05) is 0 Å². The molecule has 1 aromatic rings. The molecule has 78 valence electrons. The molecule has 5 nitrogen and oxygen atoms in total. The van der Waals surface area contributed by atoms with Crippen LogP contribution < -0.4 is 11.3 Å². The van der Waals surface area contributed by atoms with Crippen molar-refractivity contribution in [1.82, 2.24) is 9.78 Å². The monoisotopic (exact) mass is 197 g/mol. The van der Waals surface area contributed by atoms with E-state index in [4.69, 9.17) is 5.73 Å². The number of nitrogens with zero attached hydrogens (tertiary/aromatic N) is 2. The number of aryl methyl sites for hydroxylation is 1. The highest BCUT2D eigenvalue weighted by Gasteiger charge is 2.12. The van der Waals surface area contributed by atoms with Crippen molar-refractivity contribution in [1.29, 1.82) is 0 Å². The molecule has 0 aliphatic carbocycles. The molecule has 0 spiro atoms. The van der Waals surface area contributed by atoms with E-state index in [0.29, 0.717) is 18.7 Å². The van der Waals surface area contributed by atoms with Crippen LogP contribution in [0.15, 0.2) is 17.1 Å². The standard InChI is InChI=1S/C9H15N3O2/c1-9(2,14)3-4-12-8(13)5-7(10)6-11-12/h5-6,14H,3-4,10H2,1-2H3. The minimum absolute atomic E-state index is 0.241. The maximum Gasteiger partial charge on any atom is 0.268 e. The molecule has 0 unspecified atom stereocenters. The molecule has 1 rings (SSSR count). The van der Waals surface area contributed by atoms with Gasteiger partial charge in [0, 0.05) is 12.6 Å². The van der Waals surface area contributed by atoms with E-state index in [2.05, 4.69) is 5.10 Å². The summed E-state index contributed by atoms with van der Waals surface area (Å²) in [6.45, 7) is 3.77. The third-order valence-electron chi connectivity index (χ3n) is 1.83.